The van der Waals surface area contributed by atoms with Crippen LogP contribution in [0.1, 0.15) is 90.0 Å². The molecular weight excluding hydrogens is 764 g/mol. The molecule has 7 rings (SSSR count). The second-order valence-corrected chi connectivity index (χ2v) is 14.1. The Bertz CT molecular complexity index is 1900. The molecule has 0 unspecified atom stereocenters. The Morgan fingerprint density at radius 2 is 0.896 bits per heavy atom. The first-order chi connectivity index (χ1) is 21.6. The number of benzene rings is 4. The molecule has 0 saturated heterocycles. The molecule has 1 aliphatic rings. The van der Waals surface area contributed by atoms with Crippen LogP contribution in [-0.4, -0.2) is 9.97 Å². The average Bonchev–Trinajstić information content (AvgIpc) is 3.35. The first kappa shape index (κ1) is 36.7. The van der Waals surface area contributed by atoms with E-state index in [2.05, 4.69) is 163 Å². The van der Waals surface area contributed by atoms with E-state index in [0.717, 1.165) is 33.9 Å². The molecule has 0 radical (unpaired) electrons. The van der Waals surface area contributed by atoms with Crippen LogP contribution in [0.2, 0.25) is 0 Å². The molecule has 4 aromatic carbocycles. The van der Waals surface area contributed by atoms with E-state index >= 15 is 0 Å². The van der Waals surface area contributed by atoms with Gasteiger partial charge in [-0.1, -0.05) is 129 Å². The maximum absolute atomic E-state index is 5.46. The van der Waals surface area contributed by atoms with Gasteiger partial charge in [0.2, 0.25) is 0 Å². The van der Waals surface area contributed by atoms with E-state index in [1.165, 1.54) is 33.4 Å². The van der Waals surface area contributed by atoms with Gasteiger partial charge in [-0.2, -0.15) is 0 Å². The topological polar surface area (TPSA) is 25.8 Å². The third kappa shape index (κ3) is 6.24. The van der Waals surface area contributed by atoms with E-state index in [1.54, 1.807) is 0 Å². The smallest absolute Gasteiger partial charge is 0.300 e. The van der Waals surface area contributed by atoms with Gasteiger partial charge in [-0.05, 0) is 56.6 Å². The van der Waals surface area contributed by atoms with Crippen LogP contribution in [0.15, 0.2) is 121 Å². The second kappa shape index (κ2) is 13.8. The van der Waals surface area contributed by atoms with Crippen LogP contribution in [0.4, 0.5) is 0 Å². The summed E-state index contributed by atoms with van der Waals surface area (Å²) >= 11 is 0. The summed E-state index contributed by atoms with van der Waals surface area (Å²) in [6.45, 7) is 13.4. The van der Waals surface area contributed by atoms with Crippen LogP contribution >= 0.6 is 0 Å². The van der Waals surface area contributed by atoms with Crippen molar-refractivity contribution >= 4 is 0 Å². The Morgan fingerprint density at radius 3 is 1.29 bits per heavy atom. The Hall–Kier alpha value is -4.13. The summed E-state index contributed by atoms with van der Waals surface area (Å²) in [4.78, 5) is 10.9. The number of pyridine rings is 2. The molecule has 3 heteroatoms. The summed E-state index contributed by atoms with van der Waals surface area (Å²) in [6.07, 6.45) is 0. The molecule has 0 N–H and O–H groups in total. The summed E-state index contributed by atoms with van der Waals surface area (Å²) < 4.78 is 0. The Morgan fingerprint density at radius 1 is 0.500 bits per heavy atom. The zero-order chi connectivity index (χ0) is 31.4. The molecule has 0 bridgehead atoms. The van der Waals surface area contributed by atoms with Crippen molar-refractivity contribution in [2.75, 3.05) is 0 Å². The number of fused-ring (bicyclic) bond motifs is 3. The van der Waals surface area contributed by atoms with E-state index in [-0.39, 0.29) is 46.7 Å². The van der Waals surface area contributed by atoms with Gasteiger partial charge in [0.1, 0.15) is 5.41 Å². The average molecular weight is 810 g/mol. The largest absolute Gasteiger partial charge is 2.00 e. The van der Waals surface area contributed by atoms with Crippen molar-refractivity contribution < 1.29 is 21.1 Å². The number of hydrogen-bond donors (Lipinski definition) is 0. The third-order valence-corrected chi connectivity index (χ3v) is 9.11. The molecule has 2 nitrogen and oxygen atoms in total. The second-order valence-electron chi connectivity index (χ2n) is 14.1. The monoisotopic (exact) mass is 809 g/mol. The number of hydrogen-bond acceptors (Lipinski definition) is 2. The molecule has 2 heterocycles. The number of aromatic nitrogens is 2. The van der Waals surface area contributed by atoms with Gasteiger partial charge in [-0.25, -0.2) is 0 Å². The Labute approximate surface area is 303 Å². The molecule has 0 aliphatic heterocycles. The van der Waals surface area contributed by atoms with Crippen LogP contribution in [0.5, 0.6) is 0 Å². The van der Waals surface area contributed by atoms with E-state index in [4.69, 9.17) is 9.97 Å². The third-order valence-electron chi connectivity index (χ3n) is 9.11. The SMILES string of the molecule is C.C.CC(C)(C)c1cc[c-]c(-c2cccc(C3(c4cccc(-c5[c-]ccc(C(C)(C)C)c5)n4)c4ccccc4-c4ccccc43)n2)c1.[Pt+2]. The van der Waals surface area contributed by atoms with Crippen molar-refractivity contribution in [2.45, 2.75) is 72.6 Å². The molecule has 0 amide bonds. The van der Waals surface area contributed by atoms with Gasteiger partial charge in [-0.3, -0.25) is 9.97 Å². The Balaban J connectivity index is 0.00000173. The van der Waals surface area contributed by atoms with Crippen LogP contribution in [-0.2, 0) is 37.3 Å². The molecule has 48 heavy (non-hydrogen) atoms. The van der Waals surface area contributed by atoms with E-state index in [0.29, 0.717) is 0 Å². The minimum atomic E-state index is -0.706. The van der Waals surface area contributed by atoms with Crippen molar-refractivity contribution in [3.05, 3.63) is 167 Å². The zero-order valence-corrected chi connectivity index (χ0v) is 29.5. The van der Waals surface area contributed by atoms with Gasteiger partial charge in [0.15, 0.2) is 0 Å². The fraction of sp³-hybridized carbons (Fsp3) is 0.244. The van der Waals surface area contributed by atoms with Crippen molar-refractivity contribution in [2.24, 2.45) is 0 Å². The van der Waals surface area contributed by atoms with Gasteiger partial charge < -0.3 is 0 Å². The molecule has 0 atom stereocenters. The van der Waals surface area contributed by atoms with Gasteiger partial charge in [0.25, 0.3) is 0 Å². The normalized spacial score (nSPS) is 12.9. The van der Waals surface area contributed by atoms with Crippen LogP contribution in [0, 0.1) is 12.1 Å². The standard InChI is InChI=1S/C43H38N2.2CH4.Pt/c1-41(2,3)31-17-11-15-29(27-31)37-23-13-25-39(44-37)43(35-21-9-7-19-33(35)34-20-8-10-22-36(34)43)40-26-14-24-38(45-40)30-16-12-18-32(28-30)42(4,5)6;;;/h7-14,17-28H,1-6H3;2*1H4;/q-2;;;+2. The van der Waals surface area contributed by atoms with Gasteiger partial charge in [-0.15, -0.1) is 70.8 Å². The zero-order valence-electron chi connectivity index (χ0n) is 27.3. The van der Waals surface area contributed by atoms with Crippen molar-refractivity contribution in [3.8, 4) is 33.6 Å². The van der Waals surface area contributed by atoms with Crippen molar-refractivity contribution in [1.82, 2.24) is 9.97 Å². The summed E-state index contributed by atoms with van der Waals surface area (Å²) in [6, 6.07) is 50.0. The van der Waals surface area contributed by atoms with E-state index < -0.39 is 5.41 Å². The summed E-state index contributed by atoms with van der Waals surface area (Å²) in [5.74, 6) is 0. The molecule has 6 aromatic rings. The fourth-order valence-electron chi connectivity index (χ4n) is 6.67. The molecule has 1 aliphatic carbocycles. The van der Waals surface area contributed by atoms with Gasteiger partial charge >= 0.3 is 21.1 Å². The predicted molar refractivity (Wildman–Crippen MR) is 199 cm³/mol. The summed E-state index contributed by atoms with van der Waals surface area (Å²) in [5, 5.41) is 0. The molecular formula is C45H46N2Pt. The molecule has 2 aromatic heterocycles. The molecule has 0 saturated carbocycles. The first-order valence-electron chi connectivity index (χ1n) is 15.8. The Kier molecular flexibility index (Phi) is 10.5. The number of rotatable bonds is 4. The minimum absolute atomic E-state index is 0. The van der Waals surface area contributed by atoms with Crippen LogP contribution in [0.3, 0.4) is 0 Å². The number of nitrogens with zero attached hydrogens (tertiary/aromatic N) is 2. The summed E-state index contributed by atoms with van der Waals surface area (Å²) in [7, 11) is 0. The maximum atomic E-state index is 5.46. The van der Waals surface area contributed by atoms with E-state index in [9.17, 15) is 0 Å². The van der Waals surface area contributed by atoms with E-state index in [1.807, 2.05) is 12.1 Å². The molecule has 0 fully saturated rings. The van der Waals surface area contributed by atoms with Crippen molar-refractivity contribution in [3.63, 3.8) is 0 Å². The molecule has 0 spiro atoms. The fourth-order valence-corrected chi connectivity index (χ4v) is 6.67. The summed E-state index contributed by atoms with van der Waals surface area (Å²) in [5.41, 5.74) is 12.4. The quantitative estimate of drug-likeness (QED) is 0.166. The van der Waals surface area contributed by atoms with Crippen LogP contribution < -0.4 is 0 Å². The van der Waals surface area contributed by atoms with Crippen molar-refractivity contribution in [1.29, 1.82) is 0 Å². The minimum Gasteiger partial charge on any atom is -0.300 e. The first-order valence-corrected chi connectivity index (χ1v) is 15.8. The predicted octanol–water partition coefficient (Wildman–Crippen LogP) is 11.6. The van der Waals surface area contributed by atoms with Gasteiger partial charge in [0.05, 0.1) is 11.4 Å². The molecule has 246 valence electrons. The van der Waals surface area contributed by atoms with Gasteiger partial charge in [0, 0.05) is 0 Å². The van der Waals surface area contributed by atoms with Crippen LogP contribution in [0.25, 0.3) is 33.6 Å². The maximum Gasteiger partial charge on any atom is 2.00 e.